The van der Waals surface area contributed by atoms with Crippen LogP contribution in [-0.4, -0.2) is 26.9 Å². The average molecular weight is 434 g/mol. The monoisotopic (exact) mass is 433 g/mol. The molecule has 0 aliphatic rings. The predicted molar refractivity (Wildman–Crippen MR) is 131 cm³/mol. The van der Waals surface area contributed by atoms with Crippen LogP contribution in [0.15, 0.2) is 53.3 Å². The Kier molecular flexibility index (Phi) is 8.20. The molecule has 1 unspecified atom stereocenters. The Morgan fingerprint density at radius 3 is 2.44 bits per heavy atom. The third-order valence-electron chi connectivity index (χ3n) is 6.04. The number of rotatable bonds is 10. The molecule has 0 spiro atoms. The molecule has 3 rings (SSSR count). The molecule has 32 heavy (non-hydrogen) atoms. The number of aromatic nitrogens is 2. The van der Waals surface area contributed by atoms with E-state index in [2.05, 4.69) is 20.8 Å². The number of nitrogens with zero attached hydrogens (tertiary/aromatic N) is 3. The first-order valence-corrected chi connectivity index (χ1v) is 11.9. The first-order chi connectivity index (χ1) is 15.5. The smallest absolute Gasteiger partial charge is 0.266 e. The topological polar surface area (TPSA) is 55.2 Å². The van der Waals surface area contributed by atoms with Crippen molar-refractivity contribution in [3.05, 3.63) is 70.3 Å². The maximum absolute atomic E-state index is 13.7. The lowest BCUT2D eigenvalue weighted by Crippen LogP contribution is -2.38. The van der Waals surface area contributed by atoms with E-state index in [0.29, 0.717) is 29.7 Å². The summed E-state index contributed by atoms with van der Waals surface area (Å²) in [5.41, 5.74) is 2.50. The maximum atomic E-state index is 13.7. The minimum absolute atomic E-state index is 0.0896. The van der Waals surface area contributed by atoms with Crippen molar-refractivity contribution in [2.24, 2.45) is 0 Å². The van der Waals surface area contributed by atoms with Gasteiger partial charge in [-0.25, -0.2) is 4.98 Å². The van der Waals surface area contributed by atoms with E-state index in [1.54, 1.807) is 4.57 Å². The van der Waals surface area contributed by atoms with Crippen molar-refractivity contribution in [3.8, 4) is 5.69 Å². The van der Waals surface area contributed by atoms with Crippen LogP contribution in [0, 0.1) is 0 Å². The van der Waals surface area contributed by atoms with Crippen LogP contribution in [-0.2, 0) is 11.2 Å². The fraction of sp³-hybridized carbons (Fsp3) is 0.444. The molecule has 1 amide bonds. The van der Waals surface area contributed by atoms with Gasteiger partial charge >= 0.3 is 0 Å². The SMILES string of the molecule is CCCCCC(=O)N(CCC)C(C)c1nc2ccccc2c(=O)n1-c1ccccc1CC. The van der Waals surface area contributed by atoms with Crippen molar-refractivity contribution in [1.82, 2.24) is 14.5 Å². The summed E-state index contributed by atoms with van der Waals surface area (Å²) in [6, 6.07) is 15.1. The second-order valence-electron chi connectivity index (χ2n) is 8.33. The van der Waals surface area contributed by atoms with Crippen molar-refractivity contribution in [2.45, 2.75) is 72.3 Å². The van der Waals surface area contributed by atoms with Crippen LogP contribution < -0.4 is 5.56 Å². The number of fused-ring (bicyclic) bond motifs is 1. The number of carbonyl (C=O) groups is 1. The summed E-state index contributed by atoms with van der Waals surface area (Å²) in [4.78, 5) is 33.7. The molecule has 0 aliphatic carbocycles. The highest BCUT2D eigenvalue weighted by Gasteiger charge is 2.26. The number of unbranched alkanes of at least 4 members (excludes halogenated alkanes) is 2. The molecular weight excluding hydrogens is 398 g/mol. The van der Waals surface area contributed by atoms with E-state index in [4.69, 9.17) is 4.98 Å². The van der Waals surface area contributed by atoms with Crippen molar-refractivity contribution < 1.29 is 4.79 Å². The van der Waals surface area contributed by atoms with Gasteiger partial charge in [-0.05, 0) is 49.9 Å². The van der Waals surface area contributed by atoms with E-state index in [1.807, 2.05) is 60.4 Å². The quantitative estimate of drug-likeness (QED) is 0.378. The maximum Gasteiger partial charge on any atom is 0.266 e. The van der Waals surface area contributed by atoms with E-state index in [1.165, 1.54) is 0 Å². The van der Waals surface area contributed by atoms with Gasteiger partial charge in [-0.1, -0.05) is 63.9 Å². The standard InChI is InChI=1S/C27H35N3O2/c1-5-8-9-18-25(31)29(19-6-2)20(4)26-28-23-16-12-11-15-22(23)27(32)30(26)24-17-13-10-14-21(24)7-3/h10-17,20H,5-9,18-19H2,1-4H3. The Labute approximate surface area is 191 Å². The van der Waals surface area contributed by atoms with E-state index in [-0.39, 0.29) is 17.5 Å². The van der Waals surface area contributed by atoms with E-state index in [9.17, 15) is 9.59 Å². The summed E-state index contributed by atoms with van der Waals surface area (Å²) in [5.74, 6) is 0.748. The van der Waals surface area contributed by atoms with Crippen LogP contribution in [0.25, 0.3) is 16.6 Å². The van der Waals surface area contributed by atoms with Gasteiger partial charge in [0.25, 0.3) is 5.56 Å². The second kappa shape index (κ2) is 11.1. The first kappa shape index (κ1) is 23.7. The van der Waals surface area contributed by atoms with Crippen molar-refractivity contribution in [1.29, 1.82) is 0 Å². The first-order valence-electron chi connectivity index (χ1n) is 11.9. The van der Waals surface area contributed by atoms with Gasteiger partial charge < -0.3 is 4.90 Å². The highest BCUT2D eigenvalue weighted by atomic mass is 16.2. The van der Waals surface area contributed by atoms with E-state index >= 15 is 0 Å². The number of amides is 1. The average Bonchev–Trinajstić information content (AvgIpc) is 2.82. The summed E-state index contributed by atoms with van der Waals surface area (Å²) in [6.07, 6.45) is 5.20. The van der Waals surface area contributed by atoms with Gasteiger partial charge in [0.2, 0.25) is 5.91 Å². The molecule has 0 radical (unpaired) electrons. The summed E-state index contributed by atoms with van der Waals surface area (Å²) in [5, 5.41) is 0.589. The number of para-hydroxylation sites is 2. The van der Waals surface area contributed by atoms with Gasteiger partial charge in [-0.2, -0.15) is 0 Å². The molecule has 170 valence electrons. The lowest BCUT2D eigenvalue weighted by Gasteiger charge is -2.31. The molecule has 1 atom stereocenters. The van der Waals surface area contributed by atoms with Crippen LogP contribution in [0.2, 0.25) is 0 Å². The van der Waals surface area contributed by atoms with E-state index in [0.717, 1.165) is 43.4 Å². The Morgan fingerprint density at radius 2 is 1.72 bits per heavy atom. The van der Waals surface area contributed by atoms with Crippen LogP contribution in [0.1, 0.15) is 77.2 Å². The Balaban J connectivity index is 2.19. The summed E-state index contributed by atoms with van der Waals surface area (Å²) in [6.45, 7) is 8.94. The molecule has 5 nitrogen and oxygen atoms in total. The molecule has 3 aromatic rings. The summed E-state index contributed by atoms with van der Waals surface area (Å²) >= 11 is 0. The number of hydrogen-bond donors (Lipinski definition) is 0. The zero-order chi connectivity index (χ0) is 23.1. The highest BCUT2D eigenvalue weighted by molar-refractivity contribution is 5.79. The zero-order valence-corrected chi connectivity index (χ0v) is 19.8. The third kappa shape index (κ3) is 4.93. The summed E-state index contributed by atoms with van der Waals surface area (Å²) in [7, 11) is 0. The number of hydrogen-bond acceptors (Lipinski definition) is 3. The lowest BCUT2D eigenvalue weighted by molar-refractivity contribution is -0.133. The molecule has 0 saturated heterocycles. The van der Waals surface area contributed by atoms with Crippen LogP contribution >= 0.6 is 0 Å². The van der Waals surface area contributed by atoms with Gasteiger partial charge in [0, 0.05) is 13.0 Å². The van der Waals surface area contributed by atoms with Crippen LogP contribution in [0.3, 0.4) is 0 Å². The van der Waals surface area contributed by atoms with Crippen molar-refractivity contribution >= 4 is 16.8 Å². The Bertz CT molecular complexity index is 1120. The molecule has 2 aromatic carbocycles. The molecule has 5 heteroatoms. The molecule has 1 aromatic heterocycles. The largest absolute Gasteiger partial charge is 0.333 e. The van der Waals surface area contributed by atoms with Gasteiger partial charge in [0.15, 0.2) is 0 Å². The Hall–Kier alpha value is -2.95. The lowest BCUT2D eigenvalue weighted by atomic mass is 10.1. The van der Waals surface area contributed by atoms with Gasteiger partial charge in [0.05, 0.1) is 22.6 Å². The fourth-order valence-corrected chi connectivity index (χ4v) is 4.28. The molecule has 0 bridgehead atoms. The molecular formula is C27H35N3O2. The molecule has 0 N–H and O–H groups in total. The zero-order valence-electron chi connectivity index (χ0n) is 19.8. The second-order valence-corrected chi connectivity index (χ2v) is 8.33. The van der Waals surface area contributed by atoms with E-state index < -0.39 is 0 Å². The fourth-order valence-electron chi connectivity index (χ4n) is 4.28. The van der Waals surface area contributed by atoms with Gasteiger partial charge in [-0.15, -0.1) is 0 Å². The Morgan fingerprint density at radius 1 is 1.00 bits per heavy atom. The third-order valence-corrected chi connectivity index (χ3v) is 6.04. The number of aryl methyl sites for hydroxylation is 1. The van der Waals surface area contributed by atoms with Crippen molar-refractivity contribution in [2.75, 3.05) is 6.54 Å². The predicted octanol–water partition coefficient (Wildman–Crippen LogP) is 5.83. The van der Waals surface area contributed by atoms with Gasteiger partial charge in [-0.3, -0.25) is 14.2 Å². The van der Waals surface area contributed by atoms with Crippen LogP contribution in [0.4, 0.5) is 0 Å². The minimum Gasteiger partial charge on any atom is -0.333 e. The molecule has 1 heterocycles. The molecule has 0 aliphatic heterocycles. The number of benzene rings is 2. The summed E-state index contributed by atoms with van der Waals surface area (Å²) < 4.78 is 1.73. The highest BCUT2D eigenvalue weighted by Crippen LogP contribution is 2.25. The van der Waals surface area contributed by atoms with Crippen molar-refractivity contribution in [3.63, 3.8) is 0 Å². The number of carbonyl (C=O) groups excluding carboxylic acids is 1. The normalized spacial score (nSPS) is 12.1. The van der Waals surface area contributed by atoms with Gasteiger partial charge in [0.1, 0.15) is 5.82 Å². The minimum atomic E-state index is -0.314. The van der Waals surface area contributed by atoms with Crippen LogP contribution in [0.5, 0.6) is 0 Å². The molecule has 0 fully saturated rings. The molecule has 0 saturated carbocycles.